The normalized spacial score (nSPS) is 8.82. The molecule has 92 valence electrons. The highest BCUT2D eigenvalue weighted by Crippen LogP contribution is 2.03. The number of carbonyl (C=O) groups excluding carboxylic acids is 3. The molecule has 0 heterocycles. The average molecular weight is 239 g/mol. The molecule has 0 rings (SSSR count). The van der Waals surface area contributed by atoms with Gasteiger partial charge in [-0.2, -0.15) is 0 Å². The van der Waals surface area contributed by atoms with Crippen molar-refractivity contribution in [1.29, 1.82) is 0 Å². The molecule has 0 aromatic rings. The maximum Gasteiger partial charge on any atom is 0.362 e. The summed E-state index contributed by atoms with van der Waals surface area (Å²) in [6.45, 7) is 12.5. The van der Waals surface area contributed by atoms with Crippen LogP contribution in [0.1, 0.15) is 13.8 Å². The van der Waals surface area contributed by atoms with Crippen molar-refractivity contribution in [3.63, 3.8) is 0 Å². The van der Waals surface area contributed by atoms with Crippen LogP contribution < -0.4 is 0 Å². The summed E-state index contributed by atoms with van der Waals surface area (Å²) in [6.07, 6.45) is 0.817. The molecule has 0 unspecified atom stereocenters. The third-order valence-corrected chi connectivity index (χ3v) is 1.38. The summed E-state index contributed by atoms with van der Waals surface area (Å²) in [6, 6.07) is 0. The van der Waals surface area contributed by atoms with Crippen LogP contribution in [0.5, 0.6) is 0 Å². The first-order valence-corrected chi connectivity index (χ1v) is 4.51. The van der Waals surface area contributed by atoms with E-state index in [-0.39, 0.29) is 16.4 Å². The van der Waals surface area contributed by atoms with E-state index in [1.165, 1.54) is 13.8 Å². The molecule has 0 aromatic heterocycles. The van der Waals surface area contributed by atoms with Crippen molar-refractivity contribution in [3.8, 4) is 0 Å². The molecule has 1 amide bonds. The minimum absolute atomic E-state index is 0.0400. The predicted molar refractivity (Wildman–Crippen MR) is 58.9 cm³/mol. The van der Waals surface area contributed by atoms with E-state index in [4.69, 9.17) is 0 Å². The number of hydrogen-bond acceptors (Lipinski definition) is 5. The minimum Gasteiger partial charge on any atom is -0.298 e. The van der Waals surface area contributed by atoms with Gasteiger partial charge in [0.15, 0.2) is 0 Å². The summed E-state index contributed by atoms with van der Waals surface area (Å²) in [5, 5.41) is 0.126. The van der Waals surface area contributed by atoms with Gasteiger partial charge in [-0.05, 0) is 13.8 Å². The van der Waals surface area contributed by atoms with Crippen LogP contribution in [0.4, 0.5) is 0 Å². The van der Waals surface area contributed by atoms with E-state index in [1.807, 2.05) is 0 Å². The van der Waals surface area contributed by atoms with Gasteiger partial charge < -0.3 is 0 Å². The Labute approximate surface area is 98.7 Å². The van der Waals surface area contributed by atoms with Crippen molar-refractivity contribution in [1.82, 2.24) is 5.23 Å². The molecule has 17 heavy (non-hydrogen) atoms. The molecular weight excluding hydrogens is 226 g/mol. The summed E-state index contributed by atoms with van der Waals surface area (Å²) in [7, 11) is 0. The van der Waals surface area contributed by atoms with Crippen LogP contribution in [0.2, 0.25) is 0 Å². The summed E-state index contributed by atoms with van der Waals surface area (Å²) in [5.41, 5.74) is 0.0801. The maximum atomic E-state index is 11.2. The second-order valence-corrected chi connectivity index (χ2v) is 3.12. The molecule has 0 aliphatic heterocycles. The van der Waals surface area contributed by atoms with Gasteiger partial charge in [0, 0.05) is 22.4 Å². The molecule has 0 N–H and O–H groups in total. The van der Waals surface area contributed by atoms with Gasteiger partial charge in [0.1, 0.15) is 0 Å². The molecule has 0 aliphatic carbocycles. The molecule has 6 heteroatoms. The van der Waals surface area contributed by atoms with Gasteiger partial charge in [-0.1, -0.05) is 19.7 Å². The Hall–Kier alpha value is -2.37. The Balaban J connectivity index is 4.78. The number of amides is 1. The van der Waals surface area contributed by atoms with E-state index in [0.717, 1.165) is 6.08 Å². The SMILES string of the molecule is C=CC(=O)N(OC(=O)C(=C)C)OC(=O)C(=C)C. The number of hydroxylamine groups is 2. The third-order valence-electron chi connectivity index (χ3n) is 1.38. The van der Waals surface area contributed by atoms with Crippen molar-refractivity contribution >= 4 is 17.8 Å². The zero-order chi connectivity index (χ0) is 13.6. The van der Waals surface area contributed by atoms with Gasteiger partial charge in [0.2, 0.25) is 0 Å². The van der Waals surface area contributed by atoms with E-state index < -0.39 is 17.8 Å². The second-order valence-electron chi connectivity index (χ2n) is 3.12. The van der Waals surface area contributed by atoms with Crippen LogP contribution in [0.25, 0.3) is 0 Å². The van der Waals surface area contributed by atoms with Crippen LogP contribution in [0.3, 0.4) is 0 Å². The monoisotopic (exact) mass is 239 g/mol. The standard InChI is InChI=1S/C11H13NO5/c1-6-9(13)12(16-10(14)7(2)3)17-11(15)8(4)5/h6H,1-2,4H2,3,5H3. The lowest BCUT2D eigenvalue weighted by atomic mass is 10.4. The number of rotatable bonds is 3. The van der Waals surface area contributed by atoms with Crippen molar-refractivity contribution in [3.05, 3.63) is 37.0 Å². The van der Waals surface area contributed by atoms with Crippen molar-refractivity contribution in [2.24, 2.45) is 0 Å². The van der Waals surface area contributed by atoms with Crippen molar-refractivity contribution in [2.75, 3.05) is 0 Å². The van der Waals surface area contributed by atoms with Gasteiger partial charge in [-0.15, -0.1) is 0 Å². The Morgan fingerprint density at radius 1 is 1.00 bits per heavy atom. The lowest BCUT2D eigenvalue weighted by molar-refractivity contribution is -0.299. The van der Waals surface area contributed by atoms with Crippen LogP contribution >= 0.6 is 0 Å². The minimum atomic E-state index is -0.908. The quantitative estimate of drug-likeness (QED) is 0.544. The molecule has 0 radical (unpaired) electrons. The Morgan fingerprint density at radius 2 is 1.35 bits per heavy atom. The smallest absolute Gasteiger partial charge is 0.298 e. The third kappa shape index (κ3) is 4.78. The summed E-state index contributed by atoms with van der Waals surface area (Å²) < 4.78 is 0. The van der Waals surface area contributed by atoms with E-state index in [0.29, 0.717) is 0 Å². The molecule has 0 atom stereocenters. The van der Waals surface area contributed by atoms with E-state index in [9.17, 15) is 14.4 Å². The molecule has 0 aliphatic rings. The molecule has 6 nitrogen and oxygen atoms in total. The van der Waals surface area contributed by atoms with Gasteiger partial charge in [0.25, 0.3) is 0 Å². The Morgan fingerprint density at radius 3 is 1.59 bits per heavy atom. The zero-order valence-corrected chi connectivity index (χ0v) is 9.69. The predicted octanol–water partition coefficient (Wildman–Crippen LogP) is 1.07. The van der Waals surface area contributed by atoms with Crippen molar-refractivity contribution < 1.29 is 24.1 Å². The molecular formula is C11H13NO5. The summed E-state index contributed by atoms with van der Waals surface area (Å²) >= 11 is 0. The average Bonchev–Trinajstić information content (AvgIpc) is 2.26. The van der Waals surface area contributed by atoms with Gasteiger partial charge in [-0.25, -0.2) is 9.59 Å². The van der Waals surface area contributed by atoms with Crippen LogP contribution in [-0.4, -0.2) is 23.1 Å². The van der Waals surface area contributed by atoms with E-state index in [2.05, 4.69) is 29.4 Å². The Kier molecular flexibility index (Phi) is 5.39. The number of carbonyl (C=O) groups is 3. The van der Waals surface area contributed by atoms with Gasteiger partial charge >= 0.3 is 17.8 Å². The Bertz CT molecular complexity index is 369. The lowest BCUT2D eigenvalue weighted by Gasteiger charge is -2.17. The van der Waals surface area contributed by atoms with Gasteiger partial charge in [0.05, 0.1) is 0 Å². The highest BCUT2D eigenvalue weighted by molar-refractivity contribution is 5.92. The maximum absolute atomic E-state index is 11.2. The fraction of sp³-hybridized carbons (Fsp3) is 0.182. The largest absolute Gasteiger partial charge is 0.362 e. The number of hydrogen-bond donors (Lipinski definition) is 0. The first kappa shape index (κ1) is 14.6. The lowest BCUT2D eigenvalue weighted by Crippen LogP contribution is -2.35. The molecule has 0 bridgehead atoms. The highest BCUT2D eigenvalue weighted by atomic mass is 17.0. The fourth-order valence-electron chi connectivity index (χ4n) is 0.490. The van der Waals surface area contributed by atoms with Crippen LogP contribution in [-0.2, 0) is 24.1 Å². The molecule has 0 saturated carbocycles. The highest BCUT2D eigenvalue weighted by Gasteiger charge is 2.22. The van der Waals surface area contributed by atoms with Crippen LogP contribution in [0.15, 0.2) is 37.0 Å². The van der Waals surface area contributed by atoms with Crippen LogP contribution in [0, 0.1) is 0 Å². The van der Waals surface area contributed by atoms with E-state index in [1.54, 1.807) is 0 Å². The summed E-state index contributed by atoms with van der Waals surface area (Å²) in [4.78, 5) is 42.5. The van der Waals surface area contributed by atoms with Crippen molar-refractivity contribution in [2.45, 2.75) is 13.8 Å². The first-order valence-electron chi connectivity index (χ1n) is 4.51. The molecule has 0 fully saturated rings. The van der Waals surface area contributed by atoms with Gasteiger partial charge in [-0.3, -0.25) is 14.5 Å². The molecule has 0 aromatic carbocycles. The first-order chi connectivity index (χ1) is 7.79. The topological polar surface area (TPSA) is 72.9 Å². The second kappa shape index (κ2) is 6.26. The fourth-order valence-corrected chi connectivity index (χ4v) is 0.490. The zero-order valence-electron chi connectivity index (χ0n) is 9.69. The number of nitrogens with zero attached hydrogens (tertiary/aromatic N) is 1. The molecule has 0 saturated heterocycles. The van der Waals surface area contributed by atoms with E-state index >= 15 is 0 Å². The summed E-state index contributed by atoms with van der Waals surface area (Å²) in [5.74, 6) is -2.72. The molecule has 0 spiro atoms.